The minimum Gasteiger partial charge on any atom is -0.488 e. The van der Waals surface area contributed by atoms with Gasteiger partial charge in [-0.1, -0.05) is 60.7 Å². The highest BCUT2D eigenvalue weighted by Crippen LogP contribution is 2.44. The molecule has 4 atom stereocenters. The van der Waals surface area contributed by atoms with Crippen molar-refractivity contribution in [2.24, 2.45) is 5.92 Å². The quantitative estimate of drug-likeness (QED) is 0.0909. The van der Waals surface area contributed by atoms with E-state index in [1.54, 1.807) is 22.2 Å². The van der Waals surface area contributed by atoms with Gasteiger partial charge in [-0.05, 0) is 90.3 Å². The Morgan fingerprint density at radius 3 is 2.09 bits per heavy atom. The number of nitrogens with zero attached hydrogens (tertiary/aromatic N) is 4. The highest BCUT2D eigenvalue weighted by molar-refractivity contribution is 5.98. The number of methoxy groups -OCH3 is 1. The van der Waals surface area contributed by atoms with Gasteiger partial charge in [0.1, 0.15) is 36.1 Å². The van der Waals surface area contributed by atoms with E-state index in [0.29, 0.717) is 63.0 Å². The first-order chi connectivity index (χ1) is 31.7. The van der Waals surface area contributed by atoms with Crippen molar-refractivity contribution >= 4 is 34.8 Å². The maximum Gasteiger partial charge on any atom is 0.407 e. The van der Waals surface area contributed by atoms with Crippen LogP contribution >= 0.6 is 0 Å². The lowest BCUT2D eigenvalue weighted by molar-refractivity contribution is -0.137. The second kappa shape index (κ2) is 17.8. The molecule has 65 heavy (non-hydrogen) atoms. The number of likely N-dealkylation sites (tertiary alicyclic amines) is 2. The molecule has 334 valence electrons. The molecule has 2 aromatic heterocycles. The van der Waals surface area contributed by atoms with E-state index in [-0.39, 0.29) is 29.8 Å². The number of rotatable bonds is 10. The molecule has 0 saturated carbocycles. The fourth-order valence-corrected chi connectivity index (χ4v) is 10.1. The van der Waals surface area contributed by atoms with Crippen LogP contribution in [0.5, 0.6) is 5.75 Å². The number of hydrogen-bond donors (Lipinski definition) is 5. The summed E-state index contributed by atoms with van der Waals surface area (Å²) in [6, 6.07) is 23.6. The van der Waals surface area contributed by atoms with Crippen molar-refractivity contribution in [1.82, 2.24) is 40.4 Å². The van der Waals surface area contributed by atoms with Crippen molar-refractivity contribution in [2.75, 3.05) is 33.4 Å². The smallest absolute Gasteiger partial charge is 0.407 e. The summed E-state index contributed by atoms with van der Waals surface area (Å²) >= 11 is 0. The number of fused-ring (bicyclic) bond motifs is 5. The molecular formula is C49H50N8O8. The lowest BCUT2D eigenvalue weighted by Crippen LogP contribution is -2.52. The van der Waals surface area contributed by atoms with E-state index in [1.165, 1.54) is 7.11 Å². The number of carbonyl (C=O) groups excluding carboxylic acids is 3. The maximum absolute atomic E-state index is 14.0. The number of benzene rings is 4. The maximum atomic E-state index is 14.0. The Bertz CT molecular complexity index is 2760. The standard InChI is InChI=1S/C49H50N8O8/c1-63-49(62)55-42(28-7-3-2-4-8-28)47(59)57-20-6-10-40(57)45-51-26-38(53-45)32-12-14-34-33(24-32)27-65-43-35-15-13-31(23-30(35)11-16-36(34)43)37-25-50-44(52-37)39-9-5-19-56(39)46(58)41(54-48(60)61)29-17-21-64-22-18-29/h2-4,7-8,11-16,23-26,29,39-42,54H,5-6,9-10,17-22,27H2,1H3,(H,50,52)(H,51,53)(H,55,62)(H,60,61)/t39-,40-,41-,42+/m0/s1. The van der Waals surface area contributed by atoms with E-state index in [2.05, 4.69) is 63.1 Å². The van der Waals surface area contributed by atoms with Crippen LogP contribution in [0.1, 0.15) is 79.4 Å². The third-order valence-corrected chi connectivity index (χ3v) is 13.4. The number of alkyl carbamates (subject to hydrolysis) is 1. The molecule has 0 radical (unpaired) electrons. The highest BCUT2D eigenvalue weighted by atomic mass is 16.5. The number of ether oxygens (including phenoxy) is 3. The van der Waals surface area contributed by atoms with Gasteiger partial charge in [0.15, 0.2) is 0 Å². The number of imidazole rings is 2. The second-order valence-corrected chi connectivity index (χ2v) is 17.1. The highest BCUT2D eigenvalue weighted by Gasteiger charge is 2.40. The normalized spacial score (nSPS) is 19.2. The van der Waals surface area contributed by atoms with Crippen molar-refractivity contribution in [1.29, 1.82) is 0 Å². The van der Waals surface area contributed by atoms with E-state index >= 15 is 0 Å². The summed E-state index contributed by atoms with van der Waals surface area (Å²) in [7, 11) is 1.28. The summed E-state index contributed by atoms with van der Waals surface area (Å²) in [6.07, 6.45) is 6.04. The SMILES string of the molecule is COC(=O)N[C@@H](C(=O)N1CCC[C@H]1c1ncc(-c2ccc3c(c2)COc2c-3ccc3cc(-c4cnc([C@@H]5CCCN5C(=O)[C@@H](NC(=O)O)C5CCOCC5)[nH]4)ccc23)[nH]1)c1ccccc1. The zero-order chi connectivity index (χ0) is 44.6. The van der Waals surface area contributed by atoms with Gasteiger partial charge in [-0.2, -0.15) is 0 Å². The van der Waals surface area contributed by atoms with Gasteiger partial charge in [-0.3, -0.25) is 9.59 Å². The lowest BCUT2D eigenvalue weighted by atomic mass is 9.90. The van der Waals surface area contributed by atoms with Crippen molar-refractivity contribution < 1.29 is 38.5 Å². The number of H-pyrrole nitrogens is 2. The molecular weight excluding hydrogens is 829 g/mol. The van der Waals surface area contributed by atoms with E-state index in [4.69, 9.17) is 24.2 Å². The van der Waals surface area contributed by atoms with Gasteiger partial charge in [0.2, 0.25) is 5.91 Å². The molecule has 0 unspecified atom stereocenters. The van der Waals surface area contributed by atoms with Crippen molar-refractivity contribution in [3.63, 3.8) is 0 Å². The number of aromatic nitrogens is 4. The molecule has 4 amide bonds. The van der Waals surface area contributed by atoms with Gasteiger partial charge >= 0.3 is 12.2 Å². The van der Waals surface area contributed by atoms with Crippen molar-refractivity contribution in [3.8, 4) is 39.4 Å². The van der Waals surface area contributed by atoms with E-state index in [1.807, 2.05) is 36.4 Å². The molecule has 6 heterocycles. The third-order valence-electron chi connectivity index (χ3n) is 13.4. The Morgan fingerprint density at radius 2 is 1.42 bits per heavy atom. The fourth-order valence-electron chi connectivity index (χ4n) is 10.1. The van der Waals surface area contributed by atoms with Crippen LogP contribution in [0.3, 0.4) is 0 Å². The number of amides is 4. The Balaban J connectivity index is 0.848. The Hall–Kier alpha value is -7.20. The first-order valence-corrected chi connectivity index (χ1v) is 22.2. The van der Waals surface area contributed by atoms with Crippen LogP contribution in [0.25, 0.3) is 44.4 Å². The van der Waals surface area contributed by atoms with Gasteiger partial charge in [0.25, 0.3) is 5.91 Å². The van der Waals surface area contributed by atoms with Gasteiger partial charge in [-0.25, -0.2) is 19.6 Å². The van der Waals surface area contributed by atoms with Gasteiger partial charge in [0.05, 0.1) is 43.0 Å². The molecule has 10 rings (SSSR count). The summed E-state index contributed by atoms with van der Waals surface area (Å²) in [5, 5.41) is 16.8. The number of carbonyl (C=O) groups is 4. The van der Waals surface area contributed by atoms with Crippen LogP contribution in [0.15, 0.2) is 91.3 Å². The number of nitrogens with one attached hydrogen (secondary N) is 4. The van der Waals surface area contributed by atoms with Gasteiger partial charge in [-0.15, -0.1) is 0 Å². The van der Waals surface area contributed by atoms with Crippen LogP contribution in [-0.4, -0.2) is 98.3 Å². The molecule has 5 N–H and O–H groups in total. The molecule has 4 aliphatic rings. The molecule has 6 aromatic rings. The first-order valence-electron chi connectivity index (χ1n) is 22.2. The minimum atomic E-state index is -1.21. The van der Waals surface area contributed by atoms with Crippen LogP contribution < -0.4 is 15.4 Å². The minimum absolute atomic E-state index is 0.120. The van der Waals surface area contributed by atoms with Crippen LogP contribution in [0, 0.1) is 5.92 Å². The lowest BCUT2D eigenvalue weighted by Gasteiger charge is -2.33. The molecule has 3 fully saturated rings. The predicted molar refractivity (Wildman–Crippen MR) is 239 cm³/mol. The molecule has 16 nitrogen and oxygen atoms in total. The Labute approximate surface area is 374 Å². The summed E-state index contributed by atoms with van der Waals surface area (Å²) in [5.41, 5.74) is 7.35. The largest absolute Gasteiger partial charge is 0.488 e. The number of carboxylic acid groups (broad SMARTS) is 1. The van der Waals surface area contributed by atoms with E-state index < -0.39 is 24.3 Å². The van der Waals surface area contributed by atoms with Crippen LogP contribution in [0.4, 0.5) is 9.59 Å². The summed E-state index contributed by atoms with van der Waals surface area (Å²) < 4.78 is 16.8. The van der Waals surface area contributed by atoms with Crippen LogP contribution in [0.2, 0.25) is 0 Å². The average molecular weight is 879 g/mol. The number of hydrogen-bond acceptors (Lipinski definition) is 9. The fraction of sp³-hybridized carbons (Fsp3) is 0.347. The third kappa shape index (κ3) is 8.14. The number of aromatic amines is 2. The van der Waals surface area contributed by atoms with Crippen LogP contribution in [-0.2, 0) is 25.7 Å². The molecule has 3 saturated heterocycles. The summed E-state index contributed by atoms with van der Waals surface area (Å²) in [4.78, 5) is 72.0. The molecule has 0 bridgehead atoms. The zero-order valence-electron chi connectivity index (χ0n) is 35.9. The first kappa shape index (κ1) is 41.8. The van der Waals surface area contributed by atoms with Gasteiger partial charge in [0, 0.05) is 42.8 Å². The molecule has 4 aromatic carbocycles. The Morgan fingerprint density at radius 1 is 0.769 bits per heavy atom. The summed E-state index contributed by atoms with van der Waals surface area (Å²) in [5.74, 6) is 1.63. The van der Waals surface area contributed by atoms with Crippen molar-refractivity contribution in [3.05, 3.63) is 114 Å². The van der Waals surface area contributed by atoms with Crippen molar-refractivity contribution in [2.45, 2.75) is 69.3 Å². The monoisotopic (exact) mass is 878 g/mol. The molecule has 0 aliphatic carbocycles. The zero-order valence-corrected chi connectivity index (χ0v) is 35.9. The second-order valence-electron chi connectivity index (χ2n) is 17.1. The molecule has 4 aliphatic heterocycles. The average Bonchev–Trinajstić information content (AvgIpc) is 4.20. The van der Waals surface area contributed by atoms with E-state index in [9.17, 15) is 24.3 Å². The van der Waals surface area contributed by atoms with E-state index in [0.717, 1.165) is 81.4 Å². The Kier molecular flexibility index (Phi) is 11.4. The topological polar surface area (TPSA) is 204 Å². The van der Waals surface area contributed by atoms with Gasteiger partial charge < -0.3 is 49.7 Å². The molecule has 0 spiro atoms. The predicted octanol–water partition coefficient (Wildman–Crippen LogP) is 7.67. The molecule has 16 heteroatoms. The summed E-state index contributed by atoms with van der Waals surface area (Å²) in [6.45, 7) is 2.48.